The number of benzene rings is 1. The molecule has 1 amide bonds. The number of aromatic hydroxyl groups is 2. The molecular formula is C14H21NO4. The summed E-state index contributed by atoms with van der Waals surface area (Å²) in [6.07, 6.45) is 2.87. The molecule has 0 radical (unpaired) electrons. The Hall–Kier alpha value is -1.75. The van der Waals surface area contributed by atoms with Gasteiger partial charge in [0.2, 0.25) is 0 Å². The van der Waals surface area contributed by atoms with E-state index in [0.29, 0.717) is 13.2 Å². The predicted octanol–water partition coefficient (Wildman–Crippen LogP) is 2.03. The molecule has 0 spiro atoms. The van der Waals surface area contributed by atoms with Crippen LogP contribution in [0.5, 0.6) is 11.5 Å². The molecule has 0 saturated heterocycles. The number of phenolic OH excluding ortho intramolecular Hbond substituents is 2. The normalized spacial score (nSPS) is 10.4. The quantitative estimate of drug-likeness (QED) is 0.497. The lowest BCUT2D eigenvalue weighted by atomic mass is 10.1. The molecule has 5 heteroatoms. The Balaban J connectivity index is 2.26. The van der Waals surface area contributed by atoms with E-state index in [1.165, 1.54) is 18.2 Å². The maximum atomic E-state index is 11.7. The molecule has 3 N–H and O–H groups in total. The van der Waals surface area contributed by atoms with E-state index in [2.05, 4.69) is 12.2 Å². The van der Waals surface area contributed by atoms with Crippen molar-refractivity contribution in [3.63, 3.8) is 0 Å². The number of nitrogens with one attached hydrogen (secondary N) is 1. The van der Waals surface area contributed by atoms with Gasteiger partial charge in [-0.1, -0.05) is 19.4 Å². The fourth-order valence-electron chi connectivity index (χ4n) is 1.53. The van der Waals surface area contributed by atoms with Gasteiger partial charge in [0.05, 0.1) is 5.56 Å². The largest absolute Gasteiger partial charge is 0.504 e. The molecule has 0 saturated carbocycles. The summed E-state index contributed by atoms with van der Waals surface area (Å²) in [5.41, 5.74) is 0.0758. The first-order valence-electron chi connectivity index (χ1n) is 6.53. The van der Waals surface area contributed by atoms with E-state index >= 15 is 0 Å². The van der Waals surface area contributed by atoms with E-state index in [4.69, 9.17) is 4.74 Å². The zero-order valence-corrected chi connectivity index (χ0v) is 11.2. The molecule has 0 aliphatic carbocycles. The highest BCUT2D eigenvalue weighted by molar-refractivity contribution is 5.97. The van der Waals surface area contributed by atoms with Crippen LogP contribution in [0.1, 0.15) is 36.5 Å². The van der Waals surface area contributed by atoms with Gasteiger partial charge in [0, 0.05) is 19.8 Å². The van der Waals surface area contributed by atoms with Crippen LogP contribution in [0.3, 0.4) is 0 Å². The van der Waals surface area contributed by atoms with Crippen LogP contribution < -0.4 is 5.32 Å². The van der Waals surface area contributed by atoms with Crippen LogP contribution in [0.15, 0.2) is 18.2 Å². The first kappa shape index (κ1) is 15.3. The third-order valence-electron chi connectivity index (χ3n) is 2.65. The van der Waals surface area contributed by atoms with Crippen molar-refractivity contribution in [2.24, 2.45) is 0 Å². The van der Waals surface area contributed by atoms with Gasteiger partial charge in [-0.3, -0.25) is 4.79 Å². The van der Waals surface area contributed by atoms with Gasteiger partial charge in [0.15, 0.2) is 11.5 Å². The van der Waals surface area contributed by atoms with Crippen LogP contribution in [-0.2, 0) is 4.74 Å². The maximum absolute atomic E-state index is 11.7. The second kappa shape index (κ2) is 8.37. The Morgan fingerprint density at radius 1 is 1.26 bits per heavy atom. The molecule has 0 aliphatic rings. The number of rotatable bonds is 8. The minimum Gasteiger partial charge on any atom is -0.504 e. The number of carbonyl (C=O) groups excluding carboxylic acids is 1. The summed E-state index contributed by atoms with van der Waals surface area (Å²) in [6.45, 7) is 3.93. The summed E-state index contributed by atoms with van der Waals surface area (Å²) in [6, 6.07) is 4.30. The number of phenols is 2. The molecule has 0 fully saturated rings. The first-order valence-corrected chi connectivity index (χ1v) is 6.53. The maximum Gasteiger partial charge on any atom is 0.255 e. The van der Waals surface area contributed by atoms with Gasteiger partial charge >= 0.3 is 0 Å². The predicted molar refractivity (Wildman–Crippen MR) is 72.4 cm³/mol. The third kappa shape index (κ3) is 5.18. The van der Waals surface area contributed by atoms with Crippen molar-refractivity contribution in [1.82, 2.24) is 5.32 Å². The number of ether oxygens (including phenoxy) is 1. The summed E-state index contributed by atoms with van der Waals surface area (Å²) in [7, 11) is 0. The summed E-state index contributed by atoms with van der Waals surface area (Å²) in [4.78, 5) is 11.7. The van der Waals surface area contributed by atoms with E-state index in [1.54, 1.807) is 0 Å². The Morgan fingerprint density at radius 3 is 2.74 bits per heavy atom. The first-order chi connectivity index (χ1) is 9.16. The van der Waals surface area contributed by atoms with Crippen LogP contribution in [0.4, 0.5) is 0 Å². The molecule has 0 aliphatic heterocycles. The second-order valence-corrected chi connectivity index (χ2v) is 4.25. The van der Waals surface area contributed by atoms with E-state index in [0.717, 1.165) is 25.9 Å². The van der Waals surface area contributed by atoms with Crippen LogP contribution in [0.2, 0.25) is 0 Å². The number of unbranched alkanes of at least 4 members (excludes halogenated alkanes) is 1. The van der Waals surface area contributed by atoms with Crippen molar-refractivity contribution in [3.8, 4) is 11.5 Å². The highest BCUT2D eigenvalue weighted by atomic mass is 16.5. The smallest absolute Gasteiger partial charge is 0.255 e. The van der Waals surface area contributed by atoms with Gasteiger partial charge in [-0.05, 0) is 25.0 Å². The SMILES string of the molecule is CCCCOCCCNC(=O)c1cccc(O)c1O. The highest BCUT2D eigenvalue weighted by Crippen LogP contribution is 2.27. The molecule has 0 unspecified atom stereocenters. The van der Waals surface area contributed by atoms with Crippen molar-refractivity contribution in [2.45, 2.75) is 26.2 Å². The van der Waals surface area contributed by atoms with Crippen LogP contribution in [0, 0.1) is 0 Å². The molecule has 106 valence electrons. The fourth-order valence-corrected chi connectivity index (χ4v) is 1.53. The van der Waals surface area contributed by atoms with E-state index in [1.807, 2.05) is 0 Å². The number of hydrogen-bond acceptors (Lipinski definition) is 4. The summed E-state index contributed by atoms with van der Waals surface area (Å²) < 4.78 is 5.36. The minimum atomic E-state index is -0.401. The summed E-state index contributed by atoms with van der Waals surface area (Å²) >= 11 is 0. The van der Waals surface area contributed by atoms with Crippen molar-refractivity contribution in [3.05, 3.63) is 23.8 Å². The molecule has 0 atom stereocenters. The molecule has 0 bridgehead atoms. The lowest BCUT2D eigenvalue weighted by Crippen LogP contribution is -2.25. The van der Waals surface area contributed by atoms with Crippen molar-refractivity contribution in [2.75, 3.05) is 19.8 Å². The van der Waals surface area contributed by atoms with Crippen molar-refractivity contribution >= 4 is 5.91 Å². The monoisotopic (exact) mass is 267 g/mol. The Bertz CT molecular complexity index is 406. The van der Waals surface area contributed by atoms with Gasteiger partial charge in [-0.25, -0.2) is 0 Å². The van der Waals surface area contributed by atoms with Crippen molar-refractivity contribution in [1.29, 1.82) is 0 Å². The van der Waals surface area contributed by atoms with E-state index in [-0.39, 0.29) is 17.1 Å². The second-order valence-electron chi connectivity index (χ2n) is 4.25. The lowest BCUT2D eigenvalue weighted by molar-refractivity contribution is 0.0937. The molecule has 0 aromatic heterocycles. The minimum absolute atomic E-state index is 0.0758. The number of para-hydroxylation sites is 1. The Morgan fingerprint density at radius 2 is 2.00 bits per heavy atom. The standard InChI is InChI=1S/C14H21NO4/c1-2-3-9-19-10-5-8-15-14(18)11-6-4-7-12(16)13(11)17/h4,6-7,16-17H,2-3,5,8-10H2,1H3,(H,15,18). The van der Waals surface area contributed by atoms with E-state index < -0.39 is 5.91 Å². The molecule has 19 heavy (non-hydrogen) atoms. The zero-order chi connectivity index (χ0) is 14.1. The third-order valence-corrected chi connectivity index (χ3v) is 2.65. The zero-order valence-electron chi connectivity index (χ0n) is 11.2. The molecule has 1 rings (SSSR count). The average molecular weight is 267 g/mol. The average Bonchev–Trinajstić information content (AvgIpc) is 2.40. The molecule has 5 nitrogen and oxygen atoms in total. The summed E-state index contributed by atoms with van der Waals surface area (Å²) in [5, 5.41) is 21.5. The molecule has 1 aromatic carbocycles. The Labute approximate surface area is 113 Å². The van der Waals surface area contributed by atoms with Gasteiger partial charge in [-0.15, -0.1) is 0 Å². The van der Waals surface area contributed by atoms with Crippen LogP contribution in [-0.4, -0.2) is 35.9 Å². The number of amides is 1. The van der Waals surface area contributed by atoms with Gasteiger partial charge in [0.1, 0.15) is 0 Å². The van der Waals surface area contributed by atoms with Crippen LogP contribution in [0.25, 0.3) is 0 Å². The summed E-state index contributed by atoms with van der Waals surface area (Å²) in [5.74, 6) is -1.09. The lowest BCUT2D eigenvalue weighted by Gasteiger charge is -2.08. The van der Waals surface area contributed by atoms with E-state index in [9.17, 15) is 15.0 Å². The number of hydrogen-bond donors (Lipinski definition) is 3. The van der Waals surface area contributed by atoms with Gasteiger partial charge < -0.3 is 20.3 Å². The van der Waals surface area contributed by atoms with Crippen molar-refractivity contribution < 1.29 is 19.7 Å². The number of carbonyl (C=O) groups is 1. The fraction of sp³-hybridized carbons (Fsp3) is 0.500. The topological polar surface area (TPSA) is 78.8 Å². The highest BCUT2D eigenvalue weighted by Gasteiger charge is 2.12. The van der Waals surface area contributed by atoms with Gasteiger partial charge in [0.25, 0.3) is 5.91 Å². The molecule has 1 aromatic rings. The molecular weight excluding hydrogens is 246 g/mol. The van der Waals surface area contributed by atoms with Gasteiger partial charge in [-0.2, -0.15) is 0 Å². The molecule has 0 heterocycles. The van der Waals surface area contributed by atoms with Crippen LogP contribution >= 0.6 is 0 Å². The Kier molecular flexibility index (Phi) is 6.74.